The standard InChI is InChI=1S/C13H12BrClS/c1-9(10-5-3-2-4-6-10)13(14)11-7-8-12(15)16-11/h2-9,13H,1H3. The van der Waals surface area contributed by atoms with Gasteiger partial charge in [0.2, 0.25) is 0 Å². The number of hydrogen-bond acceptors (Lipinski definition) is 1. The smallest absolute Gasteiger partial charge is 0.0931 e. The molecule has 0 radical (unpaired) electrons. The maximum Gasteiger partial charge on any atom is 0.0931 e. The summed E-state index contributed by atoms with van der Waals surface area (Å²) in [5.74, 6) is 0.441. The Hall–Kier alpha value is -0.310. The first-order chi connectivity index (χ1) is 7.68. The molecule has 0 bridgehead atoms. The Bertz CT molecular complexity index is 452. The molecular formula is C13H12BrClS. The van der Waals surface area contributed by atoms with Crippen LogP contribution in [0.2, 0.25) is 4.34 Å². The monoisotopic (exact) mass is 314 g/mol. The molecule has 0 fully saturated rings. The molecule has 2 aromatic rings. The van der Waals surface area contributed by atoms with E-state index in [0.29, 0.717) is 10.7 Å². The van der Waals surface area contributed by atoms with E-state index < -0.39 is 0 Å². The van der Waals surface area contributed by atoms with Gasteiger partial charge in [-0.05, 0) is 23.6 Å². The third-order valence-electron chi connectivity index (χ3n) is 2.63. The predicted octanol–water partition coefficient (Wildman–Crippen LogP) is 5.64. The maximum absolute atomic E-state index is 5.95. The fraction of sp³-hybridized carbons (Fsp3) is 0.231. The summed E-state index contributed by atoms with van der Waals surface area (Å²) in [5, 5.41) is 0. The summed E-state index contributed by atoms with van der Waals surface area (Å²) >= 11 is 11.3. The molecule has 0 spiro atoms. The molecule has 3 heteroatoms. The Kier molecular flexibility index (Phi) is 4.06. The first-order valence-corrected chi connectivity index (χ1v) is 7.23. The Morgan fingerprint density at radius 2 is 1.81 bits per heavy atom. The molecule has 0 saturated heterocycles. The van der Waals surface area contributed by atoms with Crippen LogP contribution in [0.4, 0.5) is 0 Å². The van der Waals surface area contributed by atoms with Gasteiger partial charge in [0.1, 0.15) is 0 Å². The molecule has 0 nitrogen and oxygen atoms in total. The zero-order valence-electron chi connectivity index (χ0n) is 8.86. The van der Waals surface area contributed by atoms with Gasteiger partial charge in [0, 0.05) is 4.88 Å². The molecule has 16 heavy (non-hydrogen) atoms. The number of benzene rings is 1. The quantitative estimate of drug-likeness (QED) is 0.643. The fourth-order valence-electron chi connectivity index (χ4n) is 1.65. The summed E-state index contributed by atoms with van der Waals surface area (Å²) in [4.78, 5) is 1.61. The van der Waals surface area contributed by atoms with Crippen molar-refractivity contribution >= 4 is 38.9 Å². The number of thiophene rings is 1. The van der Waals surface area contributed by atoms with Crippen molar-refractivity contribution in [2.75, 3.05) is 0 Å². The van der Waals surface area contributed by atoms with E-state index in [2.05, 4.69) is 53.2 Å². The minimum atomic E-state index is 0.326. The van der Waals surface area contributed by atoms with Gasteiger partial charge in [-0.25, -0.2) is 0 Å². The van der Waals surface area contributed by atoms with Gasteiger partial charge in [0.25, 0.3) is 0 Å². The summed E-state index contributed by atoms with van der Waals surface area (Å²) in [7, 11) is 0. The van der Waals surface area contributed by atoms with Crippen molar-refractivity contribution in [2.45, 2.75) is 17.7 Å². The van der Waals surface area contributed by atoms with Crippen LogP contribution in [0.5, 0.6) is 0 Å². The number of hydrogen-bond donors (Lipinski definition) is 0. The van der Waals surface area contributed by atoms with Crippen molar-refractivity contribution in [2.24, 2.45) is 0 Å². The summed E-state index contributed by atoms with van der Waals surface area (Å²) in [6.07, 6.45) is 0. The minimum absolute atomic E-state index is 0.326. The molecule has 0 aliphatic heterocycles. The zero-order chi connectivity index (χ0) is 11.5. The second kappa shape index (κ2) is 5.35. The molecule has 0 aliphatic carbocycles. The summed E-state index contributed by atoms with van der Waals surface area (Å²) in [6.45, 7) is 2.22. The van der Waals surface area contributed by atoms with Crippen LogP contribution in [0.1, 0.15) is 28.1 Å². The molecule has 0 aliphatic rings. The van der Waals surface area contributed by atoms with Crippen LogP contribution in [-0.4, -0.2) is 0 Å². The molecule has 1 aromatic heterocycles. The summed E-state index contributed by atoms with van der Waals surface area (Å²) in [6, 6.07) is 14.6. The molecule has 2 atom stereocenters. The lowest BCUT2D eigenvalue weighted by atomic mass is 9.97. The molecule has 0 saturated carbocycles. The highest BCUT2D eigenvalue weighted by Crippen LogP contribution is 2.41. The highest BCUT2D eigenvalue weighted by atomic mass is 79.9. The van der Waals surface area contributed by atoms with Crippen LogP contribution in [0.3, 0.4) is 0 Å². The lowest BCUT2D eigenvalue weighted by Crippen LogP contribution is -1.99. The van der Waals surface area contributed by atoms with Crippen molar-refractivity contribution in [3.63, 3.8) is 0 Å². The molecule has 1 aromatic carbocycles. The summed E-state index contributed by atoms with van der Waals surface area (Å²) < 4.78 is 0.847. The van der Waals surface area contributed by atoms with E-state index in [4.69, 9.17) is 11.6 Å². The third-order valence-corrected chi connectivity index (χ3v) is 5.53. The van der Waals surface area contributed by atoms with Gasteiger partial charge in [-0.2, -0.15) is 0 Å². The van der Waals surface area contributed by atoms with E-state index in [1.165, 1.54) is 10.4 Å². The highest BCUT2D eigenvalue weighted by molar-refractivity contribution is 9.09. The first kappa shape index (κ1) is 12.2. The van der Waals surface area contributed by atoms with Gasteiger partial charge in [-0.15, -0.1) is 11.3 Å². The second-order valence-corrected chi connectivity index (χ2v) is 6.48. The van der Waals surface area contributed by atoms with E-state index in [9.17, 15) is 0 Å². The average molecular weight is 316 g/mol. The Morgan fingerprint density at radius 3 is 2.38 bits per heavy atom. The lowest BCUT2D eigenvalue weighted by Gasteiger charge is -2.17. The maximum atomic E-state index is 5.95. The SMILES string of the molecule is CC(c1ccccc1)C(Br)c1ccc(Cl)s1. The molecular weight excluding hydrogens is 304 g/mol. The number of alkyl halides is 1. The zero-order valence-corrected chi connectivity index (χ0v) is 12.0. The van der Waals surface area contributed by atoms with Gasteiger partial charge in [-0.1, -0.05) is 64.8 Å². The highest BCUT2D eigenvalue weighted by Gasteiger charge is 2.19. The average Bonchev–Trinajstić information content (AvgIpc) is 2.75. The predicted molar refractivity (Wildman–Crippen MR) is 75.9 cm³/mol. The van der Waals surface area contributed by atoms with E-state index in [1.54, 1.807) is 11.3 Å². The van der Waals surface area contributed by atoms with Crippen molar-refractivity contribution in [3.05, 3.63) is 57.2 Å². The van der Waals surface area contributed by atoms with Crippen LogP contribution in [-0.2, 0) is 0 Å². The number of rotatable bonds is 3. The normalized spacial score (nSPS) is 14.7. The third kappa shape index (κ3) is 2.68. The molecule has 2 rings (SSSR count). The van der Waals surface area contributed by atoms with Crippen LogP contribution in [0, 0.1) is 0 Å². The number of halogens is 2. The molecule has 84 valence electrons. The fourth-order valence-corrected chi connectivity index (χ4v) is 3.53. The van der Waals surface area contributed by atoms with Crippen molar-refractivity contribution < 1.29 is 0 Å². The Morgan fingerprint density at radius 1 is 1.12 bits per heavy atom. The lowest BCUT2D eigenvalue weighted by molar-refractivity contribution is 0.761. The van der Waals surface area contributed by atoms with Crippen LogP contribution in [0.15, 0.2) is 42.5 Å². The van der Waals surface area contributed by atoms with Crippen LogP contribution >= 0.6 is 38.9 Å². The van der Waals surface area contributed by atoms with Crippen molar-refractivity contribution in [3.8, 4) is 0 Å². The van der Waals surface area contributed by atoms with Gasteiger partial charge < -0.3 is 0 Å². The van der Waals surface area contributed by atoms with Gasteiger partial charge in [0.15, 0.2) is 0 Å². The van der Waals surface area contributed by atoms with E-state index >= 15 is 0 Å². The van der Waals surface area contributed by atoms with E-state index in [1.807, 2.05) is 12.1 Å². The van der Waals surface area contributed by atoms with Gasteiger partial charge in [-0.3, -0.25) is 0 Å². The first-order valence-electron chi connectivity index (χ1n) is 5.12. The van der Waals surface area contributed by atoms with E-state index in [0.717, 1.165) is 4.34 Å². The van der Waals surface area contributed by atoms with E-state index in [-0.39, 0.29) is 0 Å². The molecule has 1 heterocycles. The molecule has 2 unspecified atom stereocenters. The van der Waals surface area contributed by atoms with Gasteiger partial charge in [0.05, 0.1) is 9.16 Å². The topological polar surface area (TPSA) is 0 Å². The summed E-state index contributed by atoms with van der Waals surface area (Å²) in [5.41, 5.74) is 1.34. The minimum Gasteiger partial charge on any atom is -0.127 e. The Balaban J connectivity index is 2.19. The van der Waals surface area contributed by atoms with Crippen LogP contribution < -0.4 is 0 Å². The van der Waals surface area contributed by atoms with Crippen molar-refractivity contribution in [1.82, 2.24) is 0 Å². The van der Waals surface area contributed by atoms with Gasteiger partial charge >= 0.3 is 0 Å². The molecule has 0 N–H and O–H groups in total. The second-order valence-electron chi connectivity index (χ2n) is 3.74. The Labute approximate surface area is 113 Å². The van der Waals surface area contributed by atoms with Crippen LogP contribution in [0.25, 0.3) is 0 Å². The van der Waals surface area contributed by atoms with Crippen molar-refractivity contribution in [1.29, 1.82) is 0 Å². The molecule has 0 amide bonds. The largest absolute Gasteiger partial charge is 0.127 e.